The average Bonchev–Trinajstić information content (AvgIpc) is 3.21. The largest absolute Gasteiger partial charge is 0.489 e. The molecule has 0 atom stereocenters. The minimum atomic E-state index is -0.0796. The molecule has 0 amide bonds. The van der Waals surface area contributed by atoms with E-state index in [-0.39, 0.29) is 6.61 Å². The quantitative estimate of drug-likeness (QED) is 0.496. The predicted molar refractivity (Wildman–Crippen MR) is 118 cm³/mol. The predicted octanol–water partition coefficient (Wildman–Crippen LogP) is 4.51. The summed E-state index contributed by atoms with van der Waals surface area (Å²) in [6.07, 6.45) is 4.47. The fourth-order valence-electron chi connectivity index (χ4n) is 3.88. The number of benzene rings is 2. The molecule has 0 saturated heterocycles. The van der Waals surface area contributed by atoms with Gasteiger partial charge in [0, 0.05) is 35.6 Å². The van der Waals surface area contributed by atoms with Gasteiger partial charge in [-0.25, -0.2) is 0 Å². The Labute approximate surface area is 174 Å². The molecule has 1 aliphatic rings. The molecule has 0 spiro atoms. The molecule has 2 aromatic carbocycles. The van der Waals surface area contributed by atoms with Crippen LogP contribution in [0.1, 0.15) is 11.3 Å². The summed E-state index contributed by atoms with van der Waals surface area (Å²) in [5, 5.41) is 13.8. The molecule has 1 aliphatic heterocycles. The second-order valence-corrected chi connectivity index (χ2v) is 7.34. The van der Waals surface area contributed by atoms with E-state index in [0.717, 1.165) is 47.9 Å². The highest BCUT2D eigenvalue weighted by Gasteiger charge is 2.19. The third-order valence-electron chi connectivity index (χ3n) is 5.40. The summed E-state index contributed by atoms with van der Waals surface area (Å²) >= 11 is 0. The monoisotopic (exact) mass is 401 g/mol. The summed E-state index contributed by atoms with van der Waals surface area (Å²) < 4.78 is 11.6. The van der Waals surface area contributed by atoms with Gasteiger partial charge in [-0.2, -0.15) is 0 Å². The van der Waals surface area contributed by atoms with Gasteiger partial charge in [-0.05, 0) is 42.3 Å². The van der Waals surface area contributed by atoms with Gasteiger partial charge in [0.25, 0.3) is 0 Å². The SMILES string of the molecule is OCc1cc(Nc2ccc3c(c2)OCCN3CCc2coc3ccccc23)ccn1. The fourth-order valence-corrected chi connectivity index (χ4v) is 3.88. The Morgan fingerprint density at radius 3 is 2.90 bits per heavy atom. The molecule has 0 fully saturated rings. The van der Waals surface area contributed by atoms with Crippen molar-refractivity contribution in [3.8, 4) is 5.75 Å². The zero-order chi connectivity index (χ0) is 20.3. The Morgan fingerprint density at radius 1 is 1.07 bits per heavy atom. The topological polar surface area (TPSA) is 70.8 Å². The molecule has 6 nitrogen and oxygen atoms in total. The number of nitrogens with zero attached hydrogens (tertiary/aromatic N) is 2. The molecule has 4 aromatic rings. The first kappa shape index (κ1) is 18.5. The number of rotatable bonds is 6. The zero-order valence-electron chi connectivity index (χ0n) is 16.5. The molecule has 0 radical (unpaired) electrons. The van der Waals surface area contributed by atoms with E-state index < -0.39 is 0 Å². The molecule has 152 valence electrons. The van der Waals surface area contributed by atoms with Crippen molar-refractivity contribution in [2.24, 2.45) is 0 Å². The van der Waals surface area contributed by atoms with Crippen molar-refractivity contribution >= 4 is 28.0 Å². The summed E-state index contributed by atoms with van der Waals surface area (Å²) in [6, 6.07) is 18.0. The minimum absolute atomic E-state index is 0.0796. The van der Waals surface area contributed by atoms with Crippen molar-refractivity contribution in [2.75, 3.05) is 29.9 Å². The van der Waals surface area contributed by atoms with E-state index in [1.54, 1.807) is 6.20 Å². The third kappa shape index (κ3) is 3.69. The number of fused-ring (bicyclic) bond motifs is 2. The average molecular weight is 401 g/mol. The van der Waals surface area contributed by atoms with Gasteiger partial charge in [0.2, 0.25) is 0 Å². The van der Waals surface area contributed by atoms with Crippen LogP contribution in [0.15, 0.2) is 71.5 Å². The Hall–Kier alpha value is -3.51. The second kappa shape index (κ2) is 8.08. The van der Waals surface area contributed by atoms with Crippen molar-refractivity contribution in [2.45, 2.75) is 13.0 Å². The normalized spacial score (nSPS) is 13.2. The van der Waals surface area contributed by atoms with E-state index in [0.29, 0.717) is 12.3 Å². The van der Waals surface area contributed by atoms with E-state index >= 15 is 0 Å². The Morgan fingerprint density at radius 2 is 1.97 bits per heavy atom. The first-order valence-electron chi connectivity index (χ1n) is 10.1. The molecule has 0 saturated carbocycles. The number of aliphatic hydroxyl groups is 1. The van der Waals surface area contributed by atoms with Gasteiger partial charge in [0.05, 0.1) is 30.8 Å². The molecular formula is C24H23N3O3. The number of ether oxygens (including phenoxy) is 1. The highest BCUT2D eigenvalue weighted by molar-refractivity contribution is 5.81. The van der Waals surface area contributed by atoms with Crippen LogP contribution >= 0.6 is 0 Å². The number of para-hydroxylation sites is 1. The summed E-state index contributed by atoms with van der Waals surface area (Å²) in [5.74, 6) is 0.875. The standard InChI is InChI=1S/C24H23N3O3/c28-15-20-13-19(7-9-25-20)26-18-5-6-22-24(14-18)29-12-11-27(22)10-8-17-16-30-23-4-2-1-3-21(17)23/h1-7,9,13-14,16,28H,8,10-12,15H2,(H,25,26). The van der Waals surface area contributed by atoms with Gasteiger partial charge in [0.1, 0.15) is 17.9 Å². The Balaban J connectivity index is 1.32. The summed E-state index contributed by atoms with van der Waals surface area (Å²) in [6.45, 7) is 2.34. The fraction of sp³-hybridized carbons (Fsp3) is 0.208. The number of hydrogen-bond donors (Lipinski definition) is 2. The zero-order valence-corrected chi connectivity index (χ0v) is 16.5. The van der Waals surface area contributed by atoms with Crippen LogP contribution in [0.3, 0.4) is 0 Å². The van der Waals surface area contributed by atoms with Crippen LogP contribution in [0.2, 0.25) is 0 Å². The van der Waals surface area contributed by atoms with Crippen LogP contribution in [0, 0.1) is 0 Å². The number of furan rings is 1. The van der Waals surface area contributed by atoms with Gasteiger partial charge in [0.15, 0.2) is 0 Å². The minimum Gasteiger partial charge on any atom is -0.489 e. The lowest BCUT2D eigenvalue weighted by molar-refractivity contribution is 0.277. The van der Waals surface area contributed by atoms with Gasteiger partial charge in [-0.15, -0.1) is 0 Å². The van der Waals surface area contributed by atoms with Gasteiger partial charge in [-0.1, -0.05) is 18.2 Å². The van der Waals surface area contributed by atoms with Crippen LogP contribution in [-0.2, 0) is 13.0 Å². The molecule has 2 aromatic heterocycles. The smallest absolute Gasteiger partial charge is 0.144 e. The molecule has 6 heteroatoms. The van der Waals surface area contributed by atoms with E-state index in [4.69, 9.17) is 9.15 Å². The van der Waals surface area contributed by atoms with E-state index in [1.807, 2.05) is 48.7 Å². The Kier molecular flexibility index (Phi) is 4.99. The maximum Gasteiger partial charge on any atom is 0.144 e. The van der Waals surface area contributed by atoms with Crippen molar-refractivity contribution in [3.05, 3.63) is 78.3 Å². The second-order valence-electron chi connectivity index (χ2n) is 7.34. The van der Waals surface area contributed by atoms with E-state index in [1.165, 1.54) is 10.9 Å². The first-order valence-corrected chi connectivity index (χ1v) is 10.1. The molecular weight excluding hydrogens is 378 g/mol. The van der Waals surface area contributed by atoms with E-state index in [2.05, 4.69) is 27.3 Å². The number of hydrogen-bond acceptors (Lipinski definition) is 6. The molecule has 2 N–H and O–H groups in total. The van der Waals surface area contributed by atoms with Crippen LogP contribution in [0.4, 0.5) is 17.1 Å². The van der Waals surface area contributed by atoms with Gasteiger partial charge in [-0.3, -0.25) is 4.98 Å². The highest BCUT2D eigenvalue weighted by atomic mass is 16.5. The molecule has 0 bridgehead atoms. The summed E-state index contributed by atoms with van der Waals surface area (Å²) in [5.41, 5.74) is 5.72. The van der Waals surface area contributed by atoms with Gasteiger partial charge < -0.3 is 24.5 Å². The van der Waals surface area contributed by atoms with Crippen molar-refractivity contribution in [3.63, 3.8) is 0 Å². The third-order valence-corrected chi connectivity index (χ3v) is 5.40. The maximum atomic E-state index is 9.27. The Bertz CT molecular complexity index is 1170. The lowest BCUT2D eigenvalue weighted by Gasteiger charge is -2.31. The summed E-state index contributed by atoms with van der Waals surface area (Å²) in [4.78, 5) is 6.47. The highest BCUT2D eigenvalue weighted by Crippen LogP contribution is 2.35. The van der Waals surface area contributed by atoms with Crippen LogP contribution < -0.4 is 15.0 Å². The molecule has 0 aliphatic carbocycles. The van der Waals surface area contributed by atoms with Crippen molar-refractivity contribution in [1.82, 2.24) is 4.98 Å². The number of nitrogens with one attached hydrogen (secondary N) is 1. The molecule has 30 heavy (non-hydrogen) atoms. The lowest BCUT2D eigenvalue weighted by atomic mass is 10.1. The van der Waals surface area contributed by atoms with Crippen LogP contribution in [-0.4, -0.2) is 29.8 Å². The molecule has 5 rings (SSSR count). The number of aromatic nitrogens is 1. The molecule has 0 unspecified atom stereocenters. The number of aliphatic hydroxyl groups excluding tert-OH is 1. The van der Waals surface area contributed by atoms with Crippen molar-refractivity contribution in [1.29, 1.82) is 0 Å². The van der Waals surface area contributed by atoms with Crippen molar-refractivity contribution < 1.29 is 14.3 Å². The molecule has 3 heterocycles. The maximum absolute atomic E-state index is 9.27. The first-order chi connectivity index (χ1) is 14.8. The van der Waals surface area contributed by atoms with Gasteiger partial charge >= 0.3 is 0 Å². The summed E-state index contributed by atoms with van der Waals surface area (Å²) in [7, 11) is 0. The number of anilines is 3. The number of pyridine rings is 1. The van der Waals surface area contributed by atoms with Crippen LogP contribution in [0.5, 0.6) is 5.75 Å². The van der Waals surface area contributed by atoms with E-state index in [9.17, 15) is 5.11 Å². The van der Waals surface area contributed by atoms with Crippen LogP contribution in [0.25, 0.3) is 11.0 Å². The lowest BCUT2D eigenvalue weighted by Crippen LogP contribution is -2.34.